The van der Waals surface area contributed by atoms with E-state index in [1.807, 2.05) is 61.5 Å². The van der Waals surface area contributed by atoms with Crippen LogP contribution in [0.15, 0.2) is 60.8 Å². The first-order valence-electron chi connectivity index (χ1n) is 8.25. The van der Waals surface area contributed by atoms with E-state index in [1.165, 1.54) is 0 Å². The number of hydrogen-bond acceptors (Lipinski definition) is 4. The largest absolute Gasteiger partial charge is 0.497 e. The number of amides is 1. The van der Waals surface area contributed by atoms with E-state index in [9.17, 15) is 4.79 Å². The number of pyridine rings is 2. The maximum Gasteiger partial charge on any atom is 0.257 e. The van der Waals surface area contributed by atoms with Gasteiger partial charge in [0.1, 0.15) is 5.75 Å². The fourth-order valence-electron chi connectivity index (χ4n) is 2.95. The van der Waals surface area contributed by atoms with Crippen LogP contribution in [0.5, 0.6) is 5.75 Å². The summed E-state index contributed by atoms with van der Waals surface area (Å²) in [5, 5.41) is 4.75. The Hall–Kier alpha value is -3.47. The molecule has 128 valence electrons. The third-order valence-corrected chi connectivity index (χ3v) is 4.31. The number of anilines is 1. The van der Waals surface area contributed by atoms with Gasteiger partial charge < -0.3 is 10.1 Å². The van der Waals surface area contributed by atoms with Gasteiger partial charge in [0, 0.05) is 10.8 Å². The highest BCUT2D eigenvalue weighted by atomic mass is 16.5. The van der Waals surface area contributed by atoms with E-state index in [2.05, 4.69) is 15.3 Å². The first-order valence-corrected chi connectivity index (χ1v) is 8.25. The first-order chi connectivity index (χ1) is 12.6. The van der Waals surface area contributed by atoms with E-state index in [0.717, 1.165) is 27.6 Å². The molecule has 0 aliphatic heterocycles. The third kappa shape index (κ3) is 2.95. The highest BCUT2D eigenvalue weighted by molar-refractivity contribution is 6.07. The number of carbonyl (C=O) groups is 1. The lowest BCUT2D eigenvalue weighted by atomic mass is 10.1. The smallest absolute Gasteiger partial charge is 0.257 e. The minimum absolute atomic E-state index is 0.211. The van der Waals surface area contributed by atoms with Gasteiger partial charge in [-0.2, -0.15) is 0 Å². The van der Waals surface area contributed by atoms with Crippen LogP contribution in [0.3, 0.4) is 0 Å². The number of aryl methyl sites for hydroxylation is 1. The number of rotatable bonds is 3. The summed E-state index contributed by atoms with van der Waals surface area (Å²) in [6, 6.07) is 17.1. The lowest BCUT2D eigenvalue weighted by Crippen LogP contribution is -2.14. The van der Waals surface area contributed by atoms with Crippen LogP contribution in [-0.2, 0) is 0 Å². The Morgan fingerprint density at radius 2 is 1.85 bits per heavy atom. The maximum atomic E-state index is 12.8. The van der Waals surface area contributed by atoms with Gasteiger partial charge in [0.05, 0.1) is 41.3 Å². The molecule has 0 atom stereocenters. The second-order valence-electron chi connectivity index (χ2n) is 6.05. The van der Waals surface area contributed by atoms with Crippen molar-refractivity contribution in [2.45, 2.75) is 6.92 Å². The Morgan fingerprint density at radius 3 is 2.69 bits per heavy atom. The van der Waals surface area contributed by atoms with Crippen molar-refractivity contribution in [3.05, 3.63) is 72.1 Å². The van der Waals surface area contributed by atoms with E-state index >= 15 is 0 Å². The standard InChI is InChI=1S/C21H17N3O2/c1-13-18(11-15-10-17(26-2)7-8-20(15)23-13)21(25)24-16-9-14-5-3-4-6-19(14)22-12-16/h3-12H,1-2H3,(H,24,25). The molecule has 2 aromatic heterocycles. The summed E-state index contributed by atoms with van der Waals surface area (Å²) >= 11 is 0. The van der Waals surface area contributed by atoms with Gasteiger partial charge in [-0.15, -0.1) is 0 Å². The minimum atomic E-state index is -0.211. The van der Waals surface area contributed by atoms with E-state index in [-0.39, 0.29) is 5.91 Å². The summed E-state index contributed by atoms with van der Waals surface area (Å²) in [6.45, 7) is 1.83. The maximum absolute atomic E-state index is 12.8. The number of nitrogens with zero attached hydrogens (tertiary/aromatic N) is 2. The topological polar surface area (TPSA) is 64.1 Å². The number of methoxy groups -OCH3 is 1. The second kappa shape index (κ2) is 6.44. The Kier molecular flexibility index (Phi) is 3.97. The summed E-state index contributed by atoms with van der Waals surface area (Å²) in [5.74, 6) is 0.519. The summed E-state index contributed by atoms with van der Waals surface area (Å²) in [5.41, 5.74) is 3.57. The number of benzene rings is 2. The van der Waals surface area contributed by atoms with E-state index in [0.29, 0.717) is 16.9 Å². The highest BCUT2D eigenvalue weighted by Gasteiger charge is 2.13. The molecule has 4 aromatic rings. The molecule has 4 rings (SSSR count). The van der Waals surface area contributed by atoms with Crippen LogP contribution in [0.1, 0.15) is 16.1 Å². The van der Waals surface area contributed by atoms with Crippen LogP contribution >= 0.6 is 0 Å². The van der Waals surface area contributed by atoms with Crippen molar-refractivity contribution in [3.63, 3.8) is 0 Å². The van der Waals surface area contributed by atoms with E-state index in [1.54, 1.807) is 13.3 Å². The Labute approximate surface area is 150 Å². The second-order valence-corrected chi connectivity index (χ2v) is 6.05. The van der Waals surface area contributed by atoms with Crippen molar-refractivity contribution < 1.29 is 9.53 Å². The number of para-hydroxylation sites is 1. The lowest BCUT2D eigenvalue weighted by molar-refractivity contribution is 0.102. The number of fused-ring (bicyclic) bond motifs is 2. The molecule has 0 radical (unpaired) electrons. The molecule has 26 heavy (non-hydrogen) atoms. The molecule has 0 bridgehead atoms. The van der Waals surface area contributed by atoms with Crippen LogP contribution < -0.4 is 10.1 Å². The van der Waals surface area contributed by atoms with Crippen molar-refractivity contribution in [2.75, 3.05) is 12.4 Å². The van der Waals surface area contributed by atoms with Gasteiger partial charge in [0.25, 0.3) is 5.91 Å². The van der Waals surface area contributed by atoms with Crippen LogP contribution in [0, 0.1) is 6.92 Å². The molecule has 0 aliphatic rings. The molecule has 0 unspecified atom stereocenters. The summed E-state index contributed by atoms with van der Waals surface area (Å²) in [4.78, 5) is 21.7. The number of aromatic nitrogens is 2. The average molecular weight is 343 g/mol. The van der Waals surface area contributed by atoms with Gasteiger partial charge >= 0.3 is 0 Å². The fraction of sp³-hybridized carbons (Fsp3) is 0.0952. The minimum Gasteiger partial charge on any atom is -0.497 e. The summed E-state index contributed by atoms with van der Waals surface area (Å²) in [6.07, 6.45) is 1.66. The van der Waals surface area contributed by atoms with Gasteiger partial charge in [-0.1, -0.05) is 18.2 Å². The van der Waals surface area contributed by atoms with Crippen molar-refractivity contribution in [1.82, 2.24) is 9.97 Å². The number of carbonyl (C=O) groups excluding carboxylic acids is 1. The Morgan fingerprint density at radius 1 is 1.00 bits per heavy atom. The lowest BCUT2D eigenvalue weighted by Gasteiger charge is -2.10. The molecule has 5 heteroatoms. The zero-order chi connectivity index (χ0) is 18.1. The highest BCUT2D eigenvalue weighted by Crippen LogP contribution is 2.23. The van der Waals surface area contributed by atoms with Crippen molar-refractivity contribution in [2.24, 2.45) is 0 Å². The van der Waals surface area contributed by atoms with Crippen molar-refractivity contribution in [1.29, 1.82) is 0 Å². The van der Waals surface area contributed by atoms with Crippen LogP contribution in [0.4, 0.5) is 5.69 Å². The molecule has 0 saturated carbocycles. The number of nitrogens with one attached hydrogen (secondary N) is 1. The molecule has 0 spiro atoms. The van der Waals surface area contributed by atoms with Gasteiger partial charge in [0.2, 0.25) is 0 Å². The average Bonchev–Trinajstić information content (AvgIpc) is 2.67. The predicted octanol–water partition coefficient (Wildman–Crippen LogP) is 4.35. The normalized spacial score (nSPS) is 10.8. The van der Waals surface area contributed by atoms with E-state index in [4.69, 9.17) is 4.74 Å². The number of ether oxygens (including phenoxy) is 1. The Balaban J connectivity index is 1.69. The SMILES string of the molecule is COc1ccc2nc(C)c(C(=O)Nc3cnc4ccccc4c3)cc2c1. The molecule has 2 heterocycles. The third-order valence-electron chi connectivity index (χ3n) is 4.31. The molecule has 1 amide bonds. The number of hydrogen-bond donors (Lipinski definition) is 1. The van der Waals surface area contributed by atoms with Crippen LogP contribution in [0.2, 0.25) is 0 Å². The van der Waals surface area contributed by atoms with Gasteiger partial charge in [0.15, 0.2) is 0 Å². The van der Waals surface area contributed by atoms with E-state index < -0.39 is 0 Å². The molecule has 1 N–H and O–H groups in total. The molecule has 0 fully saturated rings. The monoisotopic (exact) mass is 343 g/mol. The predicted molar refractivity (Wildman–Crippen MR) is 103 cm³/mol. The molecule has 5 nitrogen and oxygen atoms in total. The van der Waals surface area contributed by atoms with Gasteiger partial charge in [-0.25, -0.2) is 0 Å². The van der Waals surface area contributed by atoms with Gasteiger partial charge in [-0.05, 0) is 43.3 Å². The fourth-order valence-corrected chi connectivity index (χ4v) is 2.95. The molecule has 0 aliphatic carbocycles. The zero-order valence-electron chi connectivity index (χ0n) is 14.5. The van der Waals surface area contributed by atoms with Crippen LogP contribution in [0.25, 0.3) is 21.8 Å². The molecular weight excluding hydrogens is 326 g/mol. The Bertz CT molecular complexity index is 1140. The molecule has 0 saturated heterocycles. The summed E-state index contributed by atoms with van der Waals surface area (Å²) in [7, 11) is 1.61. The molecular formula is C21H17N3O2. The summed E-state index contributed by atoms with van der Waals surface area (Å²) < 4.78 is 5.25. The molecule has 2 aromatic carbocycles. The zero-order valence-corrected chi connectivity index (χ0v) is 14.5. The first kappa shape index (κ1) is 16.0. The van der Waals surface area contributed by atoms with Crippen molar-refractivity contribution >= 4 is 33.4 Å². The van der Waals surface area contributed by atoms with Crippen molar-refractivity contribution in [3.8, 4) is 5.75 Å². The quantitative estimate of drug-likeness (QED) is 0.600. The van der Waals surface area contributed by atoms with Crippen LogP contribution in [-0.4, -0.2) is 23.0 Å². The van der Waals surface area contributed by atoms with Gasteiger partial charge in [-0.3, -0.25) is 14.8 Å².